The highest BCUT2D eigenvalue weighted by atomic mass is 15.5. The molecule has 2 fully saturated rings. The van der Waals surface area contributed by atoms with Crippen LogP contribution in [0.5, 0.6) is 0 Å². The molecule has 4 atom stereocenters. The molecule has 4 aliphatic rings. The number of hydrogen-bond acceptors (Lipinski definition) is 3. The third-order valence-corrected chi connectivity index (χ3v) is 11.4. The van der Waals surface area contributed by atoms with Crippen molar-refractivity contribution in [1.29, 1.82) is 0 Å². The first kappa shape index (κ1) is 20.0. The zero-order valence-electron chi connectivity index (χ0n) is 21.1. The molecule has 174 valence electrons. The lowest BCUT2D eigenvalue weighted by Gasteiger charge is -2.35. The Kier molecular flexibility index (Phi) is 3.42. The van der Waals surface area contributed by atoms with Gasteiger partial charge in [-0.25, -0.2) is 14.3 Å². The molecule has 3 heterocycles. The van der Waals surface area contributed by atoms with E-state index >= 15 is 0 Å². The first-order valence-corrected chi connectivity index (χ1v) is 12.7. The van der Waals surface area contributed by atoms with Crippen molar-refractivity contribution in [2.24, 2.45) is 17.9 Å². The highest BCUT2D eigenvalue weighted by molar-refractivity contribution is 5.46. The number of nitrogens with zero attached hydrogens (tertiary/aromatic N) is 6. The summed E-state index contributed by atoms with van der Waals surface area (Å²) in [4.78, 5) is 4.77. The second-order valence-corrected chi connectivity index (χ2v) is 12.9. The zero-order chi connectivity index (χ0) is 23.1. The molecular weight excluding hydrogens is 408 g/mol. The third-order valence-electron chi connectivity index (χ3n) is 11.4. The number of aromatic nitrogens is 6. The third kappa shape index (κ3) is 2.03. The van der Waals surface area contributed by atoms with E-state index in [0.717, 1.165) is 5.82 Å². The van der Waals surface area contributed by atoms with Gasteiger partial charge in [-0.2, -0.15) is 10.2 Å². The smallest absolute Gasteiger partial charge is 0.200 e. The number of hydrogen-bond donors (Lipinski definition) is 0. The number of imidazole rings is 1. The average Bonchev–Trinajstić information content (AvgIpc) is 3.56. The molecule has 0 aliphatic heterocycles. The van der Waals surface area contributed by atoms with Crippen LogP contribution < -0.4 is 0 Å². The molecule has 0 spiro atoms. The molecule has 0 N–H and O–H groups in total. The fourth-order valence-corrected chi connectivity index (χ4v) is 8.35. The SMILES string of the molecule is Cn1ccnc1C(n1cc2c(n1)[C@]1(C)CC[C@H]2C1(C)C)n1cc2c(n1)[C@]1(C)CC[C@H]2C1(C)C. The maximum atomic E-state index is 5.30. The largest absolute Gasteiger partial charge is 0.335 e. The van der Waals surface area contributed by atoms with Gasteiger partial charge in [0.1, 0.15) is 0 Å². The van der Waals surface area contributed by atoms with E-state index in [9.17, 15) is 0 Å². The van der Waals surface area contributed by atoms with Gasteiger partial charge < -0.3 is 4.57 Å². The van der Waals surface area contributed by atoms with Gasteiger partial charge in [0.15, 0.2) is 5.82 Å². The molecule has 0 radical (unpaired) electrons. The summed E-state index contributed by atoms with van der Waals surface area (Å²) >= 11 is 0. The van der Waals surface area contributed by atoms with Gasteiger partial charge in [0.25, 0.3) is 0 Å². The lowest BCUT2D eigenvalue weighted by molar-refractivity contribution is 0.217. The van der Waals surface area contributed by atoms with Gasteiger partial charge >= 0.3 is 0 Å². The van der Waals surface area contributed by atoms with E-state index in [4.69, 9.17) is 15.2 Å². The van der Waals surface area contributed by atoms with Crippen LogP contribution in [0.15, 0.2) is 24.8 Å². The normalized spacial score (nSPS) is 34.4. The van der Waals surface area contributed by atoms with Crippen molar-refractivity contribution in [2.45, 2.75) is 96.1 Å². The molecule has 4 aliphatic carbocycles. The van der Waals surface area contributed by atoms with E-state index in [2.05, 4.69) is 74.9 Å². The average molecular weight is 445 g/mol. The van der Waals surface area contributed by atoms with Crippen LogP contribution in [0.1, 0.15) is 114 Å². The first-order valence-electron chi connectivity index (χ1n) is 12.7. The van der Waals surface area contributed by atoms with Crippen molar-refractivity contribution in [2.75, 3.05) is 0 Å². The summed E-state index contributed by atoms with van der Waals surface area (Å²) < 4.78 is 6.44. The quantitative estimate of drug-likeness (QED) is 0.554. The van der Waals surface area contributed by atoms with Crippen LogP contribution in [0.2, 0.25) is 0 Å². The van der Waals surface area contributed by atoms with Crippen molar-refractivity contribution in [3.63, 3.8) is 0 Å². The molecule has 0 saturated heterocycles. The van der Waals surface area contributed by atoms with Crippen molar-refractivity contribution < 1.29 is 0 Å². The Morgan fingerprint density at radius 1 is 0.818 bits per heavy atom. The molecule has 0 amide bonds. The molecule has 2 saturated carbocycles. The van der Waals surface area contributed by atoms with E-state index in [1.165, 1.54) is 48.2 Å². The van der Waals surface area contributed by atoms with E-state index in [1.54, 1.807) is 0 Å². The van der Waals surface area contributed by atoms with Crippen LogP contribution in [-0.2, 0) is 17.9 Å². The molecule has 7 rings (SSSR count). The van der Waals surface area contributed by atoms with Crippen LogP contribution in [0.3, 0.4) is 0 Å². The Morgan fingerprint density at radius 3 is 1.70 bits per heavy atom. The van der Waals surface area contributed by atoms with E-state index in [0.29, 0.717) is 11.8 Å². The van der Waals surface area contributed by atoms with Crippen LogP contribution in [0, 0.1) is 10.8 Å². The molecule has 3 aromatic heterocycles. The maximum absolute atomic E-state index is 5.30. The van der Waals surface area contributed by atoms with Crippen molar-refractivity contribution in [3.05, 3.63) is 53.1 Å². The number of fused-ring (bicyclic) bond motifs is 10. The van der Waals surface area contributed by atoms with Crippen molar-refractivity contribution >= 4 is 0 Å². The Bertz CT molecular complexity index is 1220. The summed E-state index contributed by atoms with van der Waals surface area (Å²) in [6.07, 6.45) is 13.4. The van der Waals surface area contributed by atoms with E-state index in [1.807, 2.05) is 12.4 Å². The van der Waals surface area contributed by atoms with Crippen molar-refractivity contribution in [3.8, 4) is 0 Å². The van der Waals surface area contributed by atoms with Crippen LogP contribution in [0.4, 0.5) is 0 Å². The van der Waals surface area contributed by atoms with Crippen LogP contribution >= 0.6 is 0 Å². The molecular formula is C27H36N6. The summed E-state index contributed by atoms with van der Waals surface area (Å²) in [5, 5.41) is 10.6. The topological polar surface area (TPSA) is 53.5 Å². The minimum atomic E-state index is -0.168. The zero-order valence-corrected chi connectivity index (χ0v) is 21.1. The Balaban J connectivity index is 1.39. The summed E-state index contributed by atoms with van der Waals surface area (Å²) in [6, 6.07) is 0. The molecule has 6 heteroatoms. The first-order chi connectivity index (χ1) is 15.5. The maximum Gasteiger partial charge on any atom is 0.200 e. The van der Waals surface area contributed by atoms with E-state index in [-0.39, 0.29) is 27.8 Å². The molecule has 4 bridgehead atoms. The van der Waals surface area contributed by atoms with Crippen LogP contribution in [0.25, 0.3) is 0 Å². The fraction of sp³-hybridized carbons (Fsp3) is 0.667. The highest BCUT2D eigenvalue weighted by Gasteiger charge is 2.62. The summed E-state index contributed by atoms with van der Waals surface area (Å²) in [5.41, 5.74) is 6.33. The van der Waals surface area contributed by atoms with Gasteiger partial charge in [-0.1, -0.05) is 41.5 Å². The molecule has 0 aromatic carbocycles. The summed E-state index contributed by atoms with van der Waals surface area (Å²) in [5.74, 6) is 2.16. The fourth-order valence-electron chi connectivity index (χ4n) is 8.35. The molecule has 3 aromatic rings. The standard InChI is InChI=1S/C27H36N6/c1-24(2)18-8-10-26(24,5)20-16(18)14-32(29-20)23(22-28-12-13-31(22)7)33-15-17-19-9-11-27(6,21(17)30-33)25(19,3)4/h12-15,18-19,23H,8-11H2,1-7H3/t18-,19-,26+,27+/m1/s1. The monoisotopic (exact) mass is 444 g/mol. The van der Waals surface area contributed by atoms with Crippen molar-refractivity contribution in [1.82, 2.24) is 29.1 Å². The minimum absolute atomic E-state index is 0.146. The second-order valence-electron chi connectivity index (χ2n) is 12.9. The van der Waals surface area contributed by atoms with E-state index < -0.39 is 0 Å². The highest BCUT2D eigenvalue weighted by Crippen LogP contribution is 2.68. The molecule has 33 heavy (non-hydrogen) atoms. The Labute approximate surface area is 196 Å². The van der Waals surface area contributed by atoms with Gasteiger partial charge in [-0.05, 0) is 59.5 Å². The lowest BCUT2D eigenvalue weighted by Crippen LogP contribution is -2.34. The Hall–Kier alpha value is -2.37. The number of aryl methyl sites for hydroxylation is 1. The minimum Gasteiger partial charge on any atom is -0.335 e. The molecule has 0 unspecified atom stereocenters. The predicted octanol–water partition coefficient (Wildman–Crippen LogP) is 5.26. The Morgan fingerprint density at radius 2 is 1.30 bits per heavy atom. The summed E-state index contributed by atoms with van der Waals surface area (Å²) in [6.45, 7) is 14.6. The molecule has 6 nitrogen and oxygen atoms in total. The van der Waals surface area contributed by atoms with Gasteiger partial charge in [0.05, 0.1) is 11.4 Å². The lowest BCUT2D eigenvalue weighted by atomic mass is 9.70. The van der Waals surface area contributed by atoms with Crippen LogP contribution in [-0.4, -0.2) is 29.1 Å². The van der Waals surface area contributed by atoms with Gasteiger partial charge in [-0.3, -0.25) is 0 Å². The van der Waals surface area contributed by atoms with Gasteiger partial charge in [-0.15, -0.1) is 0 Å². The number of rotatable bonds is 3. The van der Waals surface area contributed by atoms with Gasteiger partial charge in [0, 0.05) is 42.7 Å². The summed E-state index contributed by atoms with van der Waals surface area (Å²) in [7, 11) is 2.08. The predicted molar refractivity (Wildman–Crippen MR) is 127 cm³/mol. The second kappa shape index (κ2) is 5.64. The van der Waals surface area contributed by atoms with Gasteiger partial charge in [0.2, 0.25) is 6.17 Å².